The molecule has 1 N–H and O–H groups in total. The molecule has 0 heterocycles. The summed E-state index contributed by atoms with van der Waals surface area (Å²) in [4.78, 5) is 14.4. The van der Waals surface area contributed by atoms with Crippen molar-refractivity contribution in [2.45, 2.75) is 57.6 Å². The number of hydrogen-bond acceptors (Lipinski definition) is 3. The zero-order valence-corrected chi connectivity index (χ0v) is 10.7. The highest BCUT2D eigenvalue weighted by atomic mass is 16.6. The largest absolute Gasteiger partial charge is 0.444 e. The Morgan fingerprint density at radius 1 is 1.53 bits per heavy atom. The molecular weight excluding hydrogens is 220 g/mol. The van der Waals surface area contributed by atoms with E-state index < -0.39 is 11.7 Å². The van der Waals surface area contributed by atoms with Crippen LogP contribution in [-0.4, -0.2) is 23.8 Å². The molecule has 1 aliphatic rings. The molecule has 17 heavy (non-hydrogen) atoms. The van der Waals surface area contributed by atoms with E-state index in [-0.39, 0.29) is 5.54 Å². The highest BCUT2D eigenvalue weighted by Crippen LogP contribution is 2.35. The fourth-order valence-electron chi connectivity index (χ4n) is 1.87. The maximum absolute atomic E-state index is 11.7. The molecule has 0 saturated heterocycles. The molecule has 1 rings (SSSR count). The first kappa shape index (κ1) is 13.6. The van der Waals surface area contributed by atoms with Crippen molar-refractivity contribution in [3.05, 3.63) is 10.4 Å². The van der Waals surface area contributed by atoms with Crippen LogP contribution in [0.1, 0.15) is 46.5 Å². The van der Waals surface area contributed by atoms with Crippen molar-refractivity contribution in [1.82, 2.24) is 5.32 Å². The summed E-state index contributed by atoms with van der Waals surface area (Å²) in [7, 11) is 0. The number of carbonyl (C=O) groups is 1. The van der Waals surface area contributed by atoms with Crippen molar-refractivity contribution in [2.24, 2.45) is 5.11 Å². The fourth-order valence-corrected chi connectivity index (χ4v) is 1.87. The van der Waals surface area contributed by atoms with Gasteiger partial charge in [-0.25, -0.2) is 4.79 Å². The van der Waals surface area contributed by atoms with Crippen molar-refractivity contribution in [1.29, 1.82) is 0 Å². The molecule has 0 radical (unpaired) electrons. The molecule has 6 nitrogen and oxygen atoms in total. The molecule has 0 unspecified atom stereocenters. The molecule has 0 atom stereocenters. The number of hydrogen-bond donors (Lipinski definition) is 1. The Morgan fingerprint density at radius 3 is 2.59 bits per heavy atom. The lowest BCUT2D eigenvalue weighted by atomic mass is 9.74. The Morgan fingerprint density at radius 2 is 2.18 bits per heavy atom. The van der Waals surface area contributed by atoms with Crippen molar-refractivity contribution in [2.75, 3.05) is 6.54 Å². The normalized spacial score (nSPS) is 17.6. The number of amides is 1. The van der Waals surface area contributed by atoms with E-state index in [0.29, 0.717) is 13.0 Å². The first-order chi connectivity index (χ1) is 7.87. The minimum Gasteiger partial charge on any atom is -0.444 e. The van der Waals surface area contributed by atoms with Crippen LogP contribution in [0.15, 0.2) is 5.11 Å². The lowest BCUT2D eigenvalue weighted by molar-refractivity contribution is 0.0374. The van der Waals surface area contributed by atoms with Gasteiger partial charge in [-0.1, -0.05) is 5.11 Å². The molecule has 96 valence electrons. The van der Waals surface area contributed by atoms with Gasteiger partial charge in [-0.2, -0.15) is 0 Å². The minimum atomic E-state index is -0.486. The predicted molar refractivity (Wildman–Crippen MR) is 64.6 cm³/mol. The van der Waals surface area contributed by atoms with Crippen LogP contribution in [0.4, 0.5) is 4.79 Å². The van der Waals surface area contributed by atoms with Gasteiger partial charge in [-0.05, 0) is 52.0 Å². The van der Waals surface area contributed by atoms with E-state index in [0.717, 1.165) is 19.3 Å². The summed E-state index contributed by atoms with van der Waals surface area (Å²) in [6.07, 6.45) is 3.22. The second kappa shape index (κ2) is 5.27. The molecule has 1 amide bonds. The highest BCUT2D eigenvalue weighted by Gasteiger charge is 2.38. The number of rotatable bonds is 4. The third-order valence-electron chi connectivity index (χ3n) is 2.83. The summed E-state index contributed by atoms with van der Waals surface area (Å²) >= 11 is 0. The molecule has 0 aromatic heterocycles. The number of carbonyl (C=O) groups excluding carboxylic acids is 1. The van der Waals surface area contributed by atoms with Gasteiger partial charge in [0.05, 0.1) is 0 Å². The van der Waals surface area contributed by atoms with Gasteiger partial charge in [-0.3, -0.25) is 0 Å². The minimum absolute atomic E-state index is 0.226. The van der Waals surface area contributed by atoms with Gasteiger partial charge in [0, 0.05) is 17.0 Å². The van der Waals surface area contributed by atoms with Gasteiger partial charge in [0.2, 0.25) is 0 Å². The number of ether oxygens (including phenoxy) is 1. The van der Waals surface area contributed by atoms with Crippen LogP contribution in [0, 0.1) is 0 Å². The molecular formula is C11H20N4O2. The van der Waals surface area contributed by atoms with Gasteiger partial charge < -0.3 is 10.1 Å². The van der Waals surface area contributed by atoms with E-state index in [9.17, 15) is 4.79 Å². The lowest BCUT2D eigenvalue weighted by Crippen LogP contribution is -2.54. The van der Waals surface area contributed by atoms with Crippen LogP contribution in [0.25, 0.3) is 10.4 Å². The van der Waals surface area contributed by atoms with E-state index in [1.54, 1.807) is 0 Å². The van der Waals surface area contributed by atoms with Crippen LogP contribution in [0.5, 0.6) is 0 Å². The highest BCUT2D eigenvalue weighted by molar-refractivity contribution is 5.69. The van der Waals surface area contributed by atoms with E-state index in [4.69, 9.17) is 10.3 Å². The number of azide groups is 1. The predicted octanol–water partition coefficient (Wildman–Crippen LogP) is 3.13. The molecule has 0 aliphatic heterocycles. The molecule has 0 bridgehead atoms. The van der Waals surface area contributed by atoms with Crippen molar-refractivity contribution in [3.8, 4) is 0 Å². The monoisotopic (exact) mass is 240 g/mol. The second-order valence-electron chi connectivity index (χ2n) is 5.47. The Balaban J connectivity index is 2.45. The maximum Gasteiger partial charge on any atom is 0.408 e. The third kappa shape index (κ3) is 4.53. The van der Waals surface area contributed by atoms with E-state index in [1.807, 2.05) is 20.8 Å². The topological polar surface area (TPSA) is 87.1 Å². The molecule has 0 aromatic rings. The Bertz CT molecular complexity index is 325. The Kier molecular flexibility index (Phi) is 4.23. The first-order valence-electron chi connectivity index (χ1n) is 5.89. The van der Waals surface area contributed by atoms with Gasteiger partial charge in [0.15, 0.2) is 0 Å². The smallest absolute Gasteiger partial charge is 0.408 e. The molecule has 6 heteroatoms. The number of nitrogens with one attached hydrogen (secondary N) is 1. The van der Waals surface area contributed by atoms with E-state index in [1.165, 1.54) is 0 Å². The quantitative estimate of drug-likeness (QED) is 0.465. The molecule has 1 fully saturated rings. The molecule has 0 aromatic carbocycles. The summed E-state index contributed by atoms with van der Waals surface area (Å²) < 4.78 is 5.22. The molecule has 1 aliphatic carbocycles. The Hall–Kier alpha value is -1.42. The summed E-state index contributed by atoms with van der Waals surface area (Å²) in [6.45, 7) is 5.91. The summed E-state index contributed by atoms with van der Waals surface area (Å²) in [5.74, 6) is 0. The van der Waals surface area contributed by atoms with Crippen molar-refractivity contribution >= 4 is 6.09 Å². The average Bonchev–Trinajstić information content (AvgIpc) is 2.11. The van der Waals surface area contributed by atoms with Crippen LogP contribution < -0.4 is 5.32 Å². The summed E-state index contributed by atoms with van der Waals surface area (Å²) in [5, 5.41) is 6.41. The van der Waals surface area contributed by atoms with Crippen LogP contribution >= 0.6 is 0 Å². The average molecular weight is 240 g/mol. The summed E-state index contributed by atoms with van der Waals surface area (Å²) in [5.41, 5.74) is 7.52. The Labute approximate surface area is 101 Å². The van der Waals surface area contributed by atoms with Crippen LogP contribution in [-0.2, 0) is 4.74 Å². The number of alkyl carbamates (subject to hydrolysis) is 1. The van der Waals surface area contributed by atoms with Crippen LogP contribution in [0.3, 0.4) is 0 Å². The lowest BCUT2D eigenvalue weighted by Gasteiger charge is -2.42. The first-order valence-corrected chi connectivity index (χ1v) is 5.89. The van der Waals surface area contributed by atoms with Crippen molar-refractivity contribution in [3.63, 3.8) is 0 Å². The number of nitrogens with zero attached hydrogens (tertiary/aromatic N) is 3. The molecule has 0 spiro atoms. The zero-order valence-electron chi connectivity index (χ0n) is 10.7. The van der Waals surface area contributed by atoms with Gasteiger partial charge in [-0.15, -0.1) is 0 Å². The van der Waals surface area contributed by atoms with Gasteiger partial charge >= 0.3 is 6.09 Å². The van der Waals surface area contributed by atoms with E-state index in [2.05, 4.69) is 15.3 Å². The van der Waals surface area contributed by atoms with Crippen molar-refractivity contribution < 1.29 is 9.53 Å². The SMILES string of the molecule is CC(C)(C)OC(=O)NC1(CCN=[N+]=[N-])CCC1. The fraction of sp³-hybridized carbons (Fsp3) is 0.909. The van der Waals surface area contributed by atoms with Gasteiger partial charge in [0.25, 0.3) is 0 Å². The van der Waals surface area contributed by atoms with Crippen LogP contribution in [0.2, 0.25) is 0 Å². The summed E-state index contributed by atoms with van der Waals surface area (Å²) in [6, 6.07) is 0. The van der Waals surface area contributed by atoms with Gasteiger partial charge in [0.1, 0.15) is 5.60 Å². The second-order valence-corrected chi connectivity index (χ2v) is 5.47. The molecule has 1 saturated carbocycles. The third-order valence-corrected chi connectivity index (χ3v) is 2.83. The zero-order chi connectivity index (χ0) is 12.9. The van der Waals surface area contributed by atoms with E-state index >= 15 is 0 Å². The maximum atomic E-state index is 11.7. The standard InChI is InChI=1S/C11H20N4O2/c1-10(2,3)17-9(16)14-11(5-4-6-11)7-8-13-15-12/h4-8H2,1-3H3,(H,14,16).